The van der Waals surface area contributed by atoms with Crippen LogP contribution in [0.25, 0.3) is 23.5 Å². The number of anilines is 1. The van der Waals surface area contributed by atoms with Crippen LogP contribution in [-0.4, -0.2) is 15.9 Å². The molecule has 2 aromatic heterocycles. The second kappa shape index (κ2) is 6.36. The van der Waals surface area contributed by atoms with Crippen molar-refractivity contribution >= 4 is 34.5 Å². The van der Waals surface area contributed by atoms with E-state index >= 15 is 0 Å². The Morgan fingerprint density at radius 3 is 2.77 bits per heavy atom. The molecule has 0 radical (unpaired) electrons. The van der Waals surface area contributed by atoms with Gasteiger partial charge in [0, 0.05) is 29.6 Å². The van der Waals surface area contributed by atoms with Gasteiger partial charge in [0.25, 0.3) is 0 Å². The molecule has 6 heteroatoms. The number of aromatic nitrogens is 2. The third-order valence-electron chi connectivity index (χ3n) is 2.78. The summed E-state index contributed by atoms with van der Waals surface area (Å²) in [4.78, 5) is 20.2. The van der Waals surface area contributed by atoms with E-state index in [1.165, 1.54) is 18.3 Å². The van der Waals surface area contributed by atoms with E-state index in [2.05, 4.69) is 15.3 Å². The molecule has 0 unspecified atom stereocenters. The van der Waals surface area contributed by atoms with Crippen LogP contribution in [0.5, 0.6) is 0 Å². The zero-order chi connectivity index (χ0) is 15.4. The second-order valence-electron chi connectivity index (χ2n) is 4.51. The van der Waals surface area contributed by atoms with Crippen LogP contribution in [0.1, 0.15) is 17.7 Å². The van der Waals surface area contributed by atoms with E-state index in [-0.39, 0.29) is 5.91 Å². The molecule has 2 heterocycles. The van der Waals surface area contributed by atoms with Gasteiger partial charge in [-0.3, -0.25) is 4.79 Å². The highest BCUT2D eigenvalue weighted by Crippen LogP contribution is 2.23. The lowest BCUT2D eigenvalue weighted by molar-refractivity contribution is -0.114. The molecule has 1 N–H and O–H groups in total. The van der Waals surface area contributed by atoms with Gasteiger partial charge in [-0.05, 0) is 6.08 Å². The maximum absolute atomic E-state index is 11.0. The number of carbonyl (C=O) groups is 1. The lowest BCUT2D eigenvalue weighted by atomic mass is 10.2. The van der Waals surface area contributed by atoms with Crippen molar-refractivity contribution in [3.8, 4) is 11.3 Å². The third-order valence-corrected chi connectivity index (χ3v) is 3.66. The number of benzene rings is 1. The summed E-state index contributed by atoms with van der Waals surface area (Å²) in [6, 6.07) is 9.80. The second-order valence-corrected chi connectivity index (χ2v) is 5.57. The van der Waals surface area contributed by atoms with Crippen LogP contribution in [0.3, 0.4) is 0 Å². The Kier molecular flexibility index (Phi) is 4.11. The van der Waals surface area contributed by atoms with Crippen LogP contribution in [-0.2, 0) is 4.79 Å². The number of amides is 1. The van der Waals surface area contributed by atoms with Crippen LogP contribution in [0.4, 0.5) is 5.13 Å². The minimum Gasteiger partial charge on any atom is -0.437 e. The number of nitrogens with zero attached hydrogens (tertiary/aromatic N) is 2. The third kappa shape index (κ3) is 3.48. The monoisotopic (exact) mass is 311 g/mol. The van der Waals surface area contributed by atoms with Gasteiger partial charge in [0.05, 0.1) is 6.20 Å². The van der Waals surface area contributed by atoms with Crippen molar-refractivity contribution in [2.45, 2.75) is 6.92 Å². The summed E-state index contributed by atoms with van der Waals surface area (Å²) in [7, 11) is 0. The summed E-state index contributed by atoms with van der Waals surface area (Å²) in [6.07, 6.45) is 7.01. The molecule has 3 rings (SSSR count). The van der Waals surface area contributed by atoms with Gasteiger partial charge in [-0.15, -0.1) is 0 Å². The molecule has 0 aliphatic rings. The van der Waals surface area contributed by atoms with Gasteiger partial charge >= 0.3 is 0 Å². The fourth-order valence-corrected chi connectivity index (χ4v) is 2.59. The van der Waals surface area contributed by atoms with Gasteiger partial charge < -0.3 is 9.73 Å². The smallest absolute Gasteiger partial charge is 0.223 e. The van der Waals surface area contributed by atoms with Crippen molar-refractivity contribution < 1.29 is 9.21 Å². The zero-order valence-electron chi connectivity index (χ0n) is 11.8. The van der Waals surface area contributed by atoms with Crippen LogP contribution >= 0.6 is 11.3 Å². The van der Waals surface area contributed by atoms with Crippen molar-refractivity contribution in [3.05, 3.63) is 53.5 Å². The molecule has 22 heavy (non-hydrogen) atoms. The average Bonchev–Trinajstić information content (AvgIpc) is 3.15. The maximum atomic E-state index is 11.0. The van der Waals surface area contributed by atoms with Gasteiger partial charge in [0.1, 0.15) is 0 Å². The fraction of sp³-hybridized carbons (Fsp3) is 0.0625. The Morgan fingerprint density at radius 2 is 2.00 bits per heavy atom. The van der Waals surface area contributed by atoms with Gasteiger partial charge in [0.2, 0.25) is 11.8 Å². The summed E-state index contributed by atoms with van der Waals surface area (Å²) in [6.45, 7) is 1.45. The highest BCUT2D eigenvalue weighted by atomic mass is 32.1. The van der Waals surface area contributed by atoms with Crippen LogP contribution in [0.2, 0.25) is 0 Å². The highest BCUT2D eigenvalue weighted by Gasteiger charge is 2.04. The molecule has 0 aliphatic carbocycles. The van der Waals surface area contributed by atoms with Crippen molar-refractivity contribution in [1.82, 2.24) is 9.97 Å². The summed E-state index contributed by atoms with van der Waals surface area (Å²) in [5.41, 5.74) is 0.986. The van der Waals surface area contributed by atoms with Gasteiger partial charge in [-0.2, -0.15) is 0 Å². The van der Waals surface area contributed by atoms with E-state index in [4.69, 9.17) is 4.42 Å². The highest BCUT2D eigenvalue weighted by molar-refractivity contribution is 7.16. The Bertz CT molecular complexity index is 806. The summed E-state index contributed by atoms with van der Waals surface area (Å²) in [5, 5.41) is 3.22. The molecule has 0 saturated heterocycles. The lowest BCUT2D eigenvalue weighted by Gasteiger charge is -1.93. The zero-order valence-corrected chi connectivity index (χ0v) is 12.6. The maximum Gasteiger partial charge on any atom is 0.223 e. The molecule has 1 amide bonds. The van der Waals surface area contributed by atoms with Gasteiger partial charge in [-0.25, -0.2) is 9.97 Å². The standard InChI is InChI=1S/C16H13N3O2S/c1-11(20)19-16-18-9-13(22-16)7-8-15-17-10-14(21-15)12-5-3-2-4-6-12/h2-10H,1H3,(H,18,19,20)/b8-7+. The predicted octanol–water partition coefficient (Wildman–Crippen LogP) is 3.93. The van der Waals surface area contributed by atoms with Crippen LogP contribution in [0, 0.1) is 0 Å². The normalized spacial score (nSPS) is 11.0. The van der Waals surface area contributed by atoms with Crippen molar-refractivity contribution in [2.24, 2.45) is 0 Å². The quantitative estimate of drug-likeness (QED) is 0.792. The molecule has 0 spiro atoms. The molecule has 3 aromatic rings. The number of hydrogen-bond acceptors (Lipinski definition) is 5. The Balaban J connectivity index is 1.72. The number of oxazole rings is 1. The molecule has 0 saturated carbocycles. The number of carbonyl (C=O) groups excluding carboxylic acids is 1. The first-order valence-corrected chi connectivity index (χ1v) is 7.45. The molecule has 1 aromatic carbocycles. The van der Waals surface area contributed by atoms with E-state index in [1.807, 2.05) is 36.4 Å². The Labute approximate surface area is 131 Å². The summed E-state index contributed by atoms with van der Waals surface area (Å²) < 4.78 is 5.68. The molecule has 0 fully saturated rings. The topological polar surface area (TPSA) is 68.0 Å². The van der Waals surface area contributed by atoms with Crippen molar-refractivity contribution in [3.63, 3.8) is 0 Å². The molecule has 110 valence electrons. The van der Waals surface area contributed by atoms with E-state index < -0.39 is 0 Å². The number of hydrogen-bond donors (Lipinski definition) is 1. The van der Waals surface area contributed by atoms with Crippen molar-refractivity contribution in [2.75, 3.05) is 5.32 Å². The van der Waals surface area contributed by atoms with Crippen LogP contribution in [0.15, 0.2) is 47.1 Å². The number of rotatable bonds is 4. The molecular formula is C16H13N3O2S. The average molecular weight is 311 g/mol. The largest absolute Gasteiger partial charge is 0.437 e. The first-order chi connectivity index (χ1) is 10.7. The Morgan fingerprint density at radius 1 is 1.18 bits per heavy atom. The molecule has 0 atom stereocenters. The fourth-order valence-electron chi connectivity index (χ4n) is 1.83. The molecule has 0 aliphatic heterocycles. The number of nitrogens with one attached hydrogen (secondary N) is 1. The van der Waals surface area contributed by atoms with E-state index in [1.54, 1.807) is 18.5 Å². The summed E-state index contributed by atoms with van der Waals surface area (Å²) in [5.74, 6) is 1.11. The van der Waals surface area contributed by atoms with Crippen molar-refractivity contribution in [1.29, 1.82) is 0 Å². The lowest BCUT2D eigenvalue weighted by Crippen LogP contribution is -2.04. The van der Waals surface area contributed by atoms with E-state index in [0.717, 1.165) is 16.2 Å². The first kappa shape index (κ1) is 14.2. The Hall–Kier alpha value is -2.73. The molecule has 0 bridgehead atoms. The molecular weight excluding hydrogens is 298 g/mol. The minimum absolute atomic E-state index is 0.134. The first-order valence-electron chi connectivity index (χ1n) is 6.63. The molecule has 5 nitrogen and oxygen atoms in total. The van der Waals surface area contributed by atoms with Gasteiger partial charge in [0.15, 0.2) is 10.9 Å². The van der Waals surface area contributed by atoms with E-state index in [0.29, 0.717) is 11.0 Å². The van der Waals surface area contributed by atoms with Gasteiger partial charge in [-0.1, -0.05) is 41.7 Å². The summed E-state index contributed by atoms with van der Waals surface area (Å²) >= 11 is 1.38. The number of thiazole rings is 1. The SMILES string of the molecule is CC(=O)Nc1ncc(/C=C/c2ncc(-c3ccccc3)o2)s1. The van der Waals surface area contributed by atoms with Crippen LogP contribution < -0.4 is 5.32 Å². The predicted molar refractivity (Wildman–Crippen MR) is 87.3 cm³/mol. The van der Waals surface area contributed by atoms with E-state index in [9.17, 15) is 4.79 Å². The minimum atomic E-state index is -0.134.